The van der Waals surface area contributed by atoms with Crippen molar-refractivity contribution in [2.75, 3.05) is 5.32 Å². The van der Waals surface area contributed by atoms with Gasteiger partial charge in [-0.05, 0) is 47.0 Å². The summed E-state index contributed by atoms with van der Waals surface area (Å²) in [6.07, 6.45) is 0. The van der Waals surface area contributed by atoms with E-state index in [4.69, 9.17) is 0 Å². The summed E-state index contributed by atoms with van der Waals surface area (Å²) in [5, 5.41) is 5.84. The summed E-state index contributed by atoms with van der Waals surface area (Å²) in [6.45, 7) is 2.50. The van der Waals surface area contributed by atoms with Crippen LogP contribution in [-0.2, 0) is 6.54 Å². The molecule has 3 aromatic rings. The number of anilines is 1. The van der Waals surface area contributed by atoms with Crippen LogP contribution in [0.4, 0.5) is 10.1 Å². The number of hydrogen-bond acceptors (Lipinski definition) is 1. The van der Waals surface area contributed by atoms with Gasteiger partial charge in [-0.2, -0.15) is 0 Å². The highest BCUT2D eigenvalue weighted by Crippen LogP contribution is 2.20. The summed E-state index contributed by atoms with van der Waals surface area (Å²) < 4.78 is 13.2. The Morgan fingerprint density at radius 3 is 2.60 bits per heavy atom. The fraction of sp³-hybridized carbons (Fsp3) is 0.111. The standard InChI is InChI=1S/C18H16FN/c1-13-11-16(9-10-18(13)19)20-12-15-7-4-6-14-5-2-3-8-17(14)15/h2-11,20H,12H2,1H3. The number of fused-ring (bicyclic) bond motifs is 1. The van der Waals surface area contributed by atoms with Crippen molar-refractivity contribution >= 4 is 16.5 Å². The van der Waals surface area contributed by atoms with E-state index in [2.05, 4.69) is 35.6 Å². The molecule has 0 saturated carbocycles. The van der Waals surface area contributed by atoms with Crippen LogP contribution in [-0.4, -0.2) is 0 Å². The molecule has 0 atom stereocenters. The van der Waals surface area contributed by atoms with Gasteiger partial charge in [0, 0.05) is 12.2 Å². The van der Waals surface area contributed by atoms with Crippen molar-refractivity contribution in [2.45, 2.75) is 13.5 Å². The Bertz CT molecular complexity index is 744. The topological polar surface area (TPSA) is 12.0 Å². The Hall–Kier alpha value is -2.35. The summed E-state index contributed by atoms with van der Waals surface area (Å²) in [6, 6.07) is 19.7. The van der Waals surface area contributed by atoms with Crippen LogP contribution in [0.2, 0.25) is 0 Å². The molecule has 0 saturated heterocycles. The van der Waals surface area contributed by atoms with Crippen LogP contribution in [0.3, 0.4) is 0 Å². The summed E-state index contributed by atoms with van der Waals surface area (Å²) in [7, 11) is 0. The zero-order valence-electron chi connectivity index (χ0n) is 11.4. The van der Waals surface area contributed by atoms with E-state index in [1.807, 2.05) is 18.2 Å². The maximum absolute atomic E-state index is 13.2. The summed E-state index contributed by atoms with van der Waals surface area (Å²) in [5.41, 5.74) is 2.84. The van der Waals surface area contributed by atoms with Gasteiger partial charge in [0.15, 0.2) is 0 Å². The van der Waals surface area contributed by atoms with Crippen molar-refractivity contribution in [3.63, 3.8) is 0 Å². The second-order valence-electron chi connectivity index (χ2n) is 4.96. The molecule has 20 heavy (non-hydrogen) atoms. The minimum Gasteiger partial charge on any atom is -0.381 e. The van der Waals surface area contributed by atoms with Crippen LogP contribution >= 0.6 is 0 Å². The minimum atomic E-state index is -0.166. The largest absolute Gasteiger partial charge is 0.381 e. The van der Waals surface area contributed by atoms with Crippen molar-refractivity contribution < 1.29 is 4.39 Å². The van der Waals surface area contributed by atoms with E-state index in [1.165, 1.54) is 22.4 Å². The molecule has 2 heteroatoms. The first-order valence-corrected chi connectivity index (χ1v) is 6.71. The third kappa shape index (κ3) is 2.50. The summed E-state index contributed by atoms with van der Waals surface area (Å²) in [4.78, 5) is 0. The fourth-order valence-corrected chi connectivity index (χ4v) is 2.40. The maximum atomic E-state index is 13.2. The first kappa shape index (κ1) is 12.7. The van der Waals surface area contributed by atoms with Crippen LogP contribution in [0.25, 0.3) is 10.8 Å². The third-order valence-corrected chi connectivity index (χ3v) is 3.52. The molecule has 0 radical (unpaired) electrons. The summed E-state index contributed by atoms with van der Waals surface area (Å²) in [5.74, 6) is -0.166. The van der Waals surface area contributed by atoms with E-state index in [9.17, 15) is 4.39 Å². The van der Waals surface area contributed by atoms with Gasteiger partial charge < -0.3 is 5.32 Å². The quantitative estimate of drug-likeness (QED) is 0.710. The van der Waals surface area contributed by atoms with Gasteiger partial charge in [0.25, 0.3) is 0 Å². The lowest BCUT2D eigenvalue weighted by Crippen LogP contribution is -2.00. The lowest BCUT2D eigenvalue weighted by atomic mass is 10.0. The Morgan fingerprint density at radius 2 is 1.75 bits per heavy atom. The molecule has 100 valence electrons. The fourth-order valence-electron chi connectivity index (χ4n) is 2.40. The first-order chi connectivity index (χ1) is 9.74. The highest BCUT2D eigenvalue weighted by atomic mass is 19.1. The first-order valence-electron chi connectivity index (χ1n) is 6.71. The molecule has 1 N–H and O–H groups in total. The van der Waals surface area contributed by atoms with Gasteiger partial charge in [-0.3, -0.25) is 0 Å². The molecule has 3 aromatic carbocycles. The number of benzene rings is 3. The Kier molecular flexibility index (Phi) is 3.38. The molecule has 0 unspecified atom stereocenters. The van der Waals surface area contributed by atoms with E-state index in [1.54, 1.807) is 13.0 Å². The van der Waals surface area contributed by atoms with Gasteiger partial charge in [-0.15, -0.1) is 0 Å². The molecule has 0 amide bonds. The van der Waals surface area contributed by atoms with Gasteiger partial charge in [-0.1, -0.05) is 42.5 Å². The molecule has 0 aromatic heterocycles. The van der Waals surface area contributed by atoms with Crippen LogP contribution in [0.1, 0.15) is 11.1 Å². The molecular formula is C18H16FN. The van der Waals surface area contributed by atoms with E-state index in [0.29, 0.717) is 5.56 Å². The summed E-state index contributed by atoms with van der Waals surface area (Å²) >= 11 is 0. The van der Waals surface area contributed by atoms with E-state index in [0.717, 1.165) is 12.2 Å². The van der Waals surface area contributed by atoms with E-state index >= 15 is 0 Å². The van der Waals surface area contributed by atoms with Crippen LogP contribution in [0, 0.1) is 12.7 Å². The second kappa shape index (κ2) is 5.33. The zero-order chi connectivity index (χ0) is 13.9. The normalized spacial score (nSPS) is 10.7. The van der Waals surface area contributed by atoms with Gasteiger partial charge >= 0.3 is 0 Å². The number of aryl methyl sites for hydroxylation is 1. The predicted molar refractivity (Wildman–Crippen MR) is 82.4 cm³/mol. The Morgan fingerprint density at radius 1 is 0.950 bits per heavy atom. The Balaban J connectivity index is 1.85. The van der Waals surface area contributed by atoms with Crippen molar-refractivity contribution in [3.05, 3.63) is 77.6 Å². The van der Waals surface area contributed by atoms with Gasteiger partial charge in [0.05, 0.1) is 0 Å². The van der Waals surface area contributed by atoms with E-state index < -0.39 is 0 Å². The van der Waals surface area contributed by atoms with Gasteiger partial charge in [-0.25, -0.2) is 4.39 Å². The van der Waals surface area contributed by atoms with Crippen LogP contribution in [0.5, 0.6) is 0 Å². The number of nitrogens with one attached hydrogen (secondary N) is 1. The smallest absolute Gasteiger partial charge is 0.126 e. The molecule has 0 aliphatic heterocycles. The molecule has 0 spiro atoms. The molecule has 0 aliphatic carbocycles. The Labute approximate surface area is 118 Å². The lowest BCUT2D eigenvalue weighted by Gasteiger charge is -2.10. The number of rotatable bonds is 3. The van der Waals surface area contributed by atoms with Crippen LogP contribution in [0.15, 0.2) is 60.7 Å². The van der Waals surface area contributed by atoms with Crippen molar-refractivity contribution in [1.29, 1.82) is 0 Å². The average molecular weight is 265 g/mol. The predicted octanol–water partition coefficient (Wildman–Crippen LogP) is 4.90. The number of halogens is 1. The lowest BCUT2D eigenvalue weighted by molar-refractivity contribution is 0.618. The van der Waals surface area contributed by atoms with Crippen molar-refractivity contribution in [3.8, 4) is 0 Å². The van der Waals surface area contributed by atoms with Crippen molar-refractivity contribution in [1.82, 2.24) is 0 Å². The molecule has 0 fully saturated rings. The minimum absolute atomic E-state index is 0.166. The highest BCUT2D eigenvalue weighted by molar-refractivity contribution is 5.85. The maximum Gasteiger partial charge on any atom is 0.126 e. The molecule has 0 aliphatic rings. The second-order valence-corrected chi connectivity index (χ2v) is 4.96. The zero-order valence-corrected chi connectivity index (χ0v) is 11.4. The molecule has 1 nitrogen and oxygen atoms in total. The van der Waals surface area contributed by atoms with Crippen LogP contribution < -0.4 is 5.32 Å². The van der Waals surface area contributed by atoms with Gasteiger partial charge in [0.2, 0.25) is 0 Å². The molecule has 0 bridgehead atoms. The SMILES string of the molecule is Cc1cc(NCc2cccc3ccccc23)ccc1F. The highest BCUT2D eigenvalue weighted by Gasteiger charge is 2.02. The molecular weight excluding hydrogens is 249 g/mol. The monoisotopic (exact) mass is 265 g/mol. The molecule has 0 heterocycles. The van der Waals surface area contributed by atoms with Gasteiger partial charge in [0.1, 0.15) is 5.82 Å². The van der Waals surface area contributed by atoms with E-state index in [-0.39, 0.29) is 5.82 Å². The molecule has 3 rings (SSSR count). The average Bonchev–Trinajstić information content (AvgIpc) is 2.48. The van der Waals surface area contributed by atoms with Crippen molar-refractivity contribution in [2.24, 2.45) is 0 Å². The number of hydrogen-bond donors (Lipinski definition) is 1. The third-order valence-electron chi connectivity index (χ3n) is 3.52.